The van der Waals surface area contributed by atoms with E-state index in [1.807, 2.05) is 24.3 Å². The summed E-state index contributed by atoms with van der Waals surface area (Å²) in [7, 11) is 0. The van der Waals surface area contributed by atoms with E-state index in [1.165, 1.54) is 12.1 Å². The fourth-order valence-electron chi connectivity index (χ4n) is 3.02. The van der Waals surface area contributed by atoms with Crippen LogP contribution in [-0.2, 0) is 9.32 Å². The molecule has 3 aromatic carbocycles. The van der Waals surface area contributed by atoms with Crippen LogP contribution in [0.2, 0.25) is 0 Å². The highest BCUT2D eigenvalue weighted by molar-refractivity contribution is 7.94. The number of benzene rings is 3. The lowest BCUT2D eigenvalue weighted by molar-refractivity contribution is -0.195. The Bertz CT molecular complexity index is 1180. The minimum atomic E-state index is -0.621. The Morgan fingerprint density at radius 2 is 1.69 bits per heavy atom. The number of carbonyl (C=O) groups is 1. The number of aromatic nitrogens is 2. The molecule has 4 N–H and O–H groups in total. The highest BCUT2D eigenvalue weighted by Crippen LogP contribution is 2.29. The Labute approximate surface area is 169 Å². The Balaban J connectivity index is 1.82. The molecule has 0 spiro atoms. The number of hydrogen-bond acceptors (Lipinski definition) is 6. The number of nitrogens with zero attached hydrogens (tertiary/aromatic N) is 2. The predicted molar refractivity (Wildman–Crippen MR) is 107 cm³/mol. The van der Waals surface area contributed by atoms with E-state index in [2.05, 4.69) is 14.4 Å². The van der Waals surface area contributed by atoms with E-state index < -0.39 is 5.91 Å². The number of fused-ring (bicyclic) bond motifs is 1. The summed E-state index contributed by atoms with van der Waals surface area (Å²) in [5, 5.41) is 5.03. The number of hydrogen-bond donors (Lipinski definition) is 2. The van der Waals surface area contributed by atoms with Gasteiger partial charge in [0.15, 0.2) is 5.69 Å². The second-order valence-corrected chi connectivity index (χ2v) is 6.88. The fourth-order valence-corrected chi connectivity index (χ4v) is 3.38. The molecule has 29 heavy (non-hydrogen) atoms. The lowest BCUT2D eigenvalue weighted by Crippen LogP contribution is -2.12. The predicted octanol–water partition coefficient (Wildman–Crippen LogP) is 3.76. The van der Waals surface area contributed by atoms with Crippen LogP contribution in [0.4, 0.5) is 4.39 Å². The fraction of sp³-hybridized carbons (Fsp3) is 0. The number of carbonyl (C=O) groups excluding carboxylic acids is 1. The molecule has 1 heterocycles. The molecule has 0 saturated carbocycles. The summed E-state index contributed by atoms with van der Waals surface area (Å²) < 4.78 is 19.5. The summed E-state index contributed by atoms with van der Waals surface area (Å²) >= 11 is 0.957. The molecule has 1 aromatic heterocycles. The van der Waals surface area contributed by atoms with Crippen LogP contribution in [0.5, 0.6) is 0 Å². The van der Waals surface area contributed by atoms with Crippen molar-refractivity contribution in [3.8, 4) is 16.8 Å². The maximum absolute atomic E-state index is 13.3. The average molecular weight is 410 g/mol. The van der Waals surface area contributed by atoms with Crippen molar-refractivity contribution in [2.75, 3.05) is 0 Å². The highest BCUT2D eigenvalue weighted by atomic mass is 32.2. The SMILES string of the molecule is NOOSc1ccc(-n2nc(C(N)=O)c3ccc(-c4ccc(F)cc4)cc32)cc1. The van der Waals surface area contributed by atoms with Gasteiger partial charge in [-0.05, 0) is 59.7 Å². The van der Waals surface area contributed by atoms with E-state index in [-0.39, 0.29) is 11.5 Å². The number of primary amides is 1. The van der Waals surface area contributed by atoms with Gasteiger partial charge in [-0.1, -0.05) is 18.2 Å². The van der Waals surface area contributed by atoms with Gasteiger partial charge in [0.25, 0.3) is 5.91 Å². The first kappa shape index (κ1) is 19.1. The van der Waals surface area contributed by atoms with Crippen molar-refractivity contribution < 1.29 is 18.5 Å². The third kappa shape index (κ3) is 3.84. The Morgan fingerprint density at radius 1 is 1.00 bits per heavy atom. The maximum atomic E-state index is 13.3. The Morgan fingerprint density at radius 3 is 2.34 bits per heavy atom. The van der Waals surface area contributed by atoms with Crippen LogP contribution in [0, 0.1) is 5.82 Å². The summed E-state index contributed by atoms with van der Waals surface area (Å²) in [6.45, 7) is 0. The van der Waals surface area contributed by atoms with Gasteiger partial charge in [0.05, 0.1) is 23.2 Å². The molecule has 0 atom stereocenters. The second-order valence-electron chi connectivity index (χ2n) is 6.10. The van der Waals surface area contributed by atoms with E-state index in [0.717, 1.165) is 33.8 Å². The van der Waals surface area contributed by atoms with Gasteiger partial charge in [-0.3, -0.25) is 4.79 Å². The van der Waals surface area contributed by atoms with Gasteiger partial charge < -0.3 is 5.73 Å². The van der Waals surface area contributed by atoms with Crippen LogP contribution in [0.1, 0.15) is 10.5 Å². The summed E-state index contributed by atoms with van der Waals surface area (Å²) in [5.41, 5.74) is 8.80. The molecule has 0 radical (unpaired) electrons. The molecule has 0 aliphatic heterocycles. The molecule has 4 aromatic rings. The monoisotopic (exact) mass is 410 g/mol. The van der Waals surface area contributed by atoms with Crippen molar-refractivity contribution in [3.05, 3.63) is 78.2 Å². The summed E-state index contributed by atoms with van der Waals surface area (Å²) in [5.74, 6) is 3.91. The molecule has 0 bridgehead atoms. The van der Waals surface area contributed by atoms with Gasteiger partial charge in [0.2, 0.25) is 0 Å². The Kier molecular flexibility index (Phi) is 5.28. The molecule has 0 saturated heterocycles. The van der Waals surface area contributed by atoms with Crippen molar-refractivity contribution in [1.82, 2.24) is 9.78 Å². The highest BCUT2D eigenvalue weighted by Gasteiger charge is 2.17. The van der Waals surface area contributed by atoms with Gasteiger partial charge in [-0.15, -0.1) is 9.32 Å². The number of halogens is 1. The molecule has 1 amide bonds. The normalized spacial score (nSPS) is 11.1. The van der Waals surface area contributed by atoms with Crippen molar-refractivity contribution >= 4 is 28.9 Å². The molecule has 0 unspecified atom stereocenters. The molecule has 146 valence electrons. The van der Waals surface area contributed by atoms with Crippen molar-refractivity contribution in [2.45, 2.75) is 4.90 Å². The molecular weight excluding hydrogens is 395 g/mol. The van der Waals surface area contributed by atoms with Gasteiger partial charge >= 0.3 is 0 Å². The Hall–Kier alpha value is -3.24. The van der Waals surface area contributed by atoms with Crippen LogP contribution >= 0.6 is 12.0 Å². The zero-order chi connectivity index (χ0) is 20.4. The number of amides is 1. The largest absolute Gasteiger partial charge is 0.364 e. The van der Waals surface area contributed by atoms with Gasteiger partial charge in [-0.25, -0.2) is 9.07 Å². The minimum Gasteiger partial charge on any atom is -0.364 e. The third-order valence-electron chi connectivity index (χ3n) is 4.34. The van der Waals surface area contributed by atoms with Crippen LogP contribution in [0.15, 0.2) is 71.6 Å². The molecule has 0 fully saturated rings. The summed E-state index contributed by atoms with van der Waals surface area (Å²) in [6, 6.07) is 18.9. The standard InChI is InChI=1S/C20H15FN4O3S/c21-14-4-1-12(2-5-14)13-3-10-17-18(11-13)25(24-19(17)20(22)26)15-6-8-16(9-7-15)29-28-27-23/h1-11H,23H2,(H2,22,26). The van der Waals surface area contributed by atoms with Crippen LogP contribution in [0.3, 0.4) is 0 Å². The third-order valence-corrected chi connectivity index (χ3v) is 4.95. The van der Waals surface area contributed by atoms with E-state index in [9.17, 15) is 9.18 Å². The molecular formula is C20H15FN4O3S. The zero-order valence-electron chi connectivity index (χ0n) is 14.9. The van der Waals surface area contributed by atoms with Gasteiger partial charge in [0, 0.05) is 10.3 Å². The summed E-state index contributed by atoms with van der Waals surface area (Å²) in [4.78, 5) is 16.7. The first-order chi connectivity index (χ1) is 14.1. The van der Waals surface area contributed by atoms with Crippen molar-refractivity contribution in [2.24, 2.45) is 11.6 Å². The molecule has 4 rings (SSSR count). The summed E-state index contributed by atoms with van der Waals surface area (Å²) in [6.07, 6.45) is 0. The van der Waals surface area contributed by atoms with Gasteiger partial charge in [0.1, 0.15) is 5.82 Å². The second kappa shape index (κ2) is 8.02. The van der Waals surface area contributed by atoms with E-state index in [0.29, 0.717) is 10.9 Å². The quantitative estimate of drug-likeness (QED) is 0.285. The van der Waals surface area contributed by atoms with Crippen LogP contribution in [0.25, 0.3) is 27.7 Å². The number of rotatable bonds is 6. The first-order valence-corrected chi connectivity index (χ1v) is 9.20. The van der Waals surface area contributed by atoms with E-state index >= 15 is 0 Å². The zero-order valence-corrected chi connectivity index (χ0v) is 15.7. The van der Waals surface area contributed by atoms with E-state index in [4.69, 9.17) is 11.6 Å². The minimum absolute atomic E-state index is 0.170. The number of nitrogens with two attached hydrogens (primary N) is 2. The van der Waals surface area contributed by atoms with Crippen molar-refractivity contribution in [3.63, 3.8) is 0 Å². The smallest absolute Gasteiger partial charge is 0.269 e. The van der Waals surface area contributed by atoms with Crippen LogP contribution in [-0.4, -0.2) is 15.7 Å². The van der Waals surface area contributed by atoms with Gasteiger partial charge in [-0.2, -0.15) is 11.0 Å². The van der Waals surface area contributed by atoms with Crippen LogP contribution < -0.4 is 11.6 Å². The lowest BCUT2D eigenvalue weighted by Gasteiger charge is -2.07. The molecule has 7 nitrogen and oxygen atoms in total. The van der Waals surface area contributed by atoms with E-state index in [1.54, 1.807) is 35.0 Å². The van der Waals surface area contributed by atoms with Crippen molar-refractivity contribution in [1.29, 1.82) is 0 Å². The maximum Gasteiger partial charge on any atom is 0.269 e. The molecule has 9 heteroatoms. The molecule has 0 aliphatic rings. The molecule has 0 aliphatic carbocycles. The topological polar surface area (TPSA) is 105 Å². The first-order valence-electron chi connectivity index (χ1n) is 8.46. The average Bonchev–Trinajstić information content (AvgIpc) is 3.12. The lowest BCUT2D eigenvalue weighted by atomic mass is 10.0.